The zero-order valence-corrected chi connectivity index (χ0v) is 35.1. The standard InChI is InChI=1S/C59H38N6/c1-5-18-39(19-6-1)55-56-54(53-30-15-16-35-63(53)55)49-38-43(42-31-33-51-48(37-42)47-28-13-14-29-50(47)64(51)45-25-11-4-12-26-45)32-34-52(49)65(56)46-27-17-24-44(36-46)59-61-57(40-20-7-2-8-21-40)60-58(62-59)41-22-9-3-10-23-41/h1-38H. The van der Waals surface area contributed by atoms with Crippen molar-refractivity contribution in [2.24, 2.45) is 0 Å². The summed E-state index contributed by atoms with van der Waals surface area (Å²) in [5.74, 6) is 1.88. The smallest absolute Gasteiger partial charge is 0.164 e. The Morgan fingerprint density at radius 2 is 0.785 bits per heavy atom. The highest BCUT2D eigenvalue weighted by Crippen LogP contribution is 2.44. The maximum absolute atomic E-state index is 5.11. The molecule has 0 saturated carbocycles. The van der Waals surface area contributed by atoms with Crippen LogP contribution in [0.15, 0.2) is 231 Å². The molecule has 0 saturated heterocycles. The van der Waals surface area contributed by atoms with E-state index in [4.69, 9.17) is 15.0 Å². The van der Waals surface area contributed by atoms with Crippen molar-refractivity contribution in [3.63, 3.8) is 0 Å². The van der Waals surface area contributed by atoms with Crippen LogP contribution in [-0.4, -0.2) is 28.5 Å². The number of pyridine rings is 1. The summed E-state index contributed by atoms with van der Waals surface area (Å²) in [5, 5.41) is 4.84. The lowest BCUT2D eigenvalue weighted by Crippen LogP contribution is -2.01. The number of para-hydroxylation sites is 2. The number of aromatic nitrogens is 6. The molecule has 13 aromatic rings. The Labute approximate surface area is 374 Å². The van der Waals surface area contributed by atoms with Crippen LogP contribution in [-0.2, 0) is 0 Å². The van der Waals surface area contributed by atoms with Gasteiger partial charge in [-0.3, -0.25) is 0 Å². The predicted octanol–water partition coefficient (Wildman–Crippen LogP) is 14.7. The number of nitrogens with zero attached hydrogens (tertiary/aromatic N) is 6. The molecule has 0 aliphatic rings. The molecule has 65 heavy (non-hydrogen) atoms. The molecule has 0 bridgehead atoms. The SMILES string of the molecule is c1ccc(-c2nc(-c3ccccc3)nc(-c3cccc(-n4c5ccc(-c6ccc7c(c6)c6ccccc6n7-c6ccccc6)cc5c5c4c(-c4ccccc4)n4ccccc54)c3)n2)cc1. The fraction of sp³-hybridized carbons (Fsp3) is 0. The second-order valence-corrected chi connectivity index (χ2v) is 16.5. The van der Waals surface area contributed by atoms with E-state index in [1.54, 1.807) is 0 Å². The molecule has 0 atom stereocenters. The zero-order valence-electron chi connectivity index (χ0n) is 35.1. The number of rotatable bonds is 7. The van der Waals surface area contributed by atoms with Gasteiger partial charge in [0.15, 0.2) is 17.5 Å². The summed E-state index contributed by atoms with van der Waals surface area (Å²) in [7, 11) is 0. The van der Waals surface area contributed by atoms with Gasteiger partial charge in [-0.2, -0.15) is 0 Å². The van der Waals surface area contributed by atoms with Gasteiger partial charge in [-0.05, 0) is 77.9 Å². The molecule has 0 amide bonds. The molecule has 0 aliphatic heterocycles. The summed E-state index contributed by atoms with van der Waals surface area (Å²) < 4.78 is 7.15. The normalized spacial score (nSPS) is 11.7. The van der Waals surface area contributed by atoms with Crippen LogP contribution in [0.2, 0.25) is 0 Å². The molecule has 304 valence electrons. The molecule has 6 nitrogen and oxygen atoms in total. The van der Waals surface area contributed by atoms with Crippen LogP contribution in [0.1, 0.15) is 0 Å². The van der Waals surface area contributed by atoms with E-state index in [0.29, 0.717) is 17.5 Å². The van der Waals surface area contributed by atoms with Crippen LogP contribution in [0.3, 0.4) is 0 Å². The van der Waals surface area contributed by atoms with Gasteiger partial charge in [0.1, 0.15) is 0 Å². The lowest BCUT2D eigenvalue weighted by molar-refractivity contribution is 1.07. The molecule has 8 aromatic carbocycles. The molecule has 5 heterocycles. The van der Waals surface area contributed by atoms with E-state index < -0.39 is 0 Å². The van der Waals surface area contributed by atoms with Gasteiger partial charge in [-0.25, -0.2) is 15.0 Å². The largest absolute Gasteiger partial charge is 0.314 e. The minimum absolute atomic E-state index is 0.615. The Morgan fingerprint density at radius 1 is 0.292 bits per heavy atom. The van der Waals surface area contributed by atoms with E-state index in [-0.39, 0.29) is 0 Å². The van der Waals surface area contributed by atoms with Crippen molar-refractivity contribution in [1.82, 2.24) is 28.5 Å². The van der Waals surface area contributed by atoms with Gasteiger partial charge in [0.2, 0.25) is 0 Å². The van der Waals surface area contributed by atoms with Crippen LogP contribution in [0.25, 0.3) is 117 Å². The van der Waals surface area contributed by atoms with Gasteiger partial charge < -0.3 is 13.5 Å². The molecule has 0 spiro atoms. The van der Waals surface area contributed by atoms with Gasteiger partial charge >= 0.3 is 0 Å². The lowest BCUT2D eigenvalue weighted by atomic mass is 10.0. The van der Waals surface area contributed by atoms with Gasteiger partial charge in [0, 0.05) is 61.4 Å². The quantitative estimate of drug-likeness (QED) is 0.161. The highest BCUT2D eigenvalue weighted by atomic mass is 15.1. The monoisotopic (exact) mass is 830 g/mol. The Balaban J connectivity index is 1.05. The minimum Gasteiger partial charge on any atom is -0.314 e. The second-order valence-electron chi connectivity index (χ2n) is 16.5. The van der Waals surface area contributed by atoms with E-state index in [0.717, 1.165) is 61.4 Å². The van der Waals surface area contributed by atoms with Crippen LogP contribution >= 0.6 is 0 Å². The van der Waals surface area contributed by atoms with E-state index in [1.165, 1.54) is 38.1 Å². The number of benzene rings is 8. The summed E-state index contributed by atoms with van der Waals surface area (Å²) in [4.78, 5) is 15.2. The zero-order chi connectivity index (χ0) is 42.8. The van der Waals surface area contributed by atoms with E-state index in [2.05, 4.69) is 184 Å². The van der Waals surface area contributed by atoms with Crippen LogP contribution in [0.4, 0.5) is 0 Å². The van der Waals surface area contributed by atoms with Crippen LogP contribution in [0.5, 0.6) is 0 Å². The highest BCUT2D eigenvalue weighted by molar-refractivity contribution is 6.22. The van der Waals surface area contributed by atoms with Gasteiger partial charge in [0.25, 0.3) is 0 Å². The summed E-state index contributed by atoms with van der Waals surface area (Å²) in [6.07, 6.45) is 2.19. The summed E-state index contributed by atoms with van der Waals surface area (Å²) in [6.45, 7) is 0. The average Bonchev–Trinajstić information content (AvgIpc) is 4.02. The predicted molar refractivity (Wildman–Crippen MR) is 267 cm³/mol. The third kappa shape index (κ3) is 5.99. The van der Waals surface area contributed by atoms with Crippen molar-refractivity contribution in [2.45, 2.75) is 0 Å². The topological polar surface area (TPSA) is 52.9 Å². The van der Waals surface area contributed by atoms with Crippen molar-refractivity contribution in [3.8, 4) is 67.9 Å². The summed E-state index contributed by atoms with van der Waals surface area (Å²) in [6, 6.07) is 79.4. The Kier molecular flexibility index (Phi) is 8.42. The van der Waals surface area contributed by atoms with Gasteiger partial charge in [-0.15, -0.1) is 0 Å². The lowest BCUT2D eigenvalue weighted by Gasteiger charge is -2.13. The highest BCUT2D eigenvalue weighted by Gasteiger charge is 2.24. The Hall–Kier alpha value is -8.87. The second kappa shape index (κ2) is 14.9. The number of fused-ring (bicyclic) bond motifs is 8. The average molecular weight is 831 g/mol. The molecule has 0 radical (unpaired) electrons. The molecule has 5 aromatic heterocycles. The minimum atomic E-state index is 0.615. The van der Waals surface area contributed by atoms with Gasteiger partial charge in [0.05, 0.1) is 33.3 Å². The van der Waals surface area contributed by atoms with E-state index in [9.17, 15) is 0 Å². The molecule has 0 aliphatic carbocycles. The summed E-state index contributed by atoms with van der Waals surface area (Å²) >= 11 is 0. The van der Waals surface area contributed by atoms with Crippen molar-refractivity contribution in [1.29, 1.82) is 0 Å². The first-order chi connectivity index (χ1) is 32.2. The first-order valence-corrected chi connectivity index (χ1v) is 21.9. The van der Waals surface area contributed by atoms with E-state index >= 15 is 0 Å². The molecule has 0 N–H and O–H groups in total. The third-order valence-corrected chi connectivity index (χ3v) is 12.7. The Bertz CT molecular complexity index is 3870. The maximum Gasteiger partial charge on any atom is 0.164 e. The first-order valence-electron chi connectivity index (χ1n) is 21.9. The van der Waals surface area contributed by atoms with Gasteiger partial charge in [-0.1, -0.05) is 158 Å². The van der Waals surface area contributed by atoms with Crippen molar-refractivity contribution >= 4 is 49.1 Å². The van der Waals surface area contributed by atoms with E-state index in [1.807, 2.05) is 60.7 Å². The maximum atomic E-state index is 5.11. The fourth-order valence-corrected chi connectivity index (χ4v) is 9.78. The van der Waals surface area contributed by atoms with Crippen molar-refractivity contribution in [3.05, 3.63) is 231 Å². The van der Waals surface area contributed by atoms with Crippen molar-refractivity contribution < 1.29 is 0 Å². The Morgan fingerprint density at radius 3 is 1.46 bits per heavy atom. The first kappa shape index (κ1) is 36.8. The van der Waals surface area contributed by atoms with Crippen LogP contribution < -0.4 is 0 Å². The van der Waals surface area contributed by atoms with Crippen LogP contribution in [0, 0.1) is 0 Å². The fourth-order valence-electron chi connectivity index (χ4n) is 9.78. The molecule has 13 rings (SSSR count). The number of hydrogen-bond donors (Lipinski definition) is 0. The molecule has 6 heteroatoms. The number of hydrogen-bond acceptors (Lipinski definition) is 3. The third-order valence-electron chi connectivity index (χ3n) is 12.7. The molecule has 0 fully saturated rings. The summed E-state index contributed by atoms with van der Waals surface area (Å²) in [5.41, 5.74) is 15.3. The van der Waals surface area contributed by atoms with Crippen molar-refractivity contribution in [2.75, 3.05) is 0 Å². The molecular weight excluding hydrogens is 793 g/mol. The molecule has 0 unspecified atom stereocenters. The molecular formula is C59H38N6.